The van der Waals surface area contributed by atoms with Crippen molar-refractivity contribution >= 4 is 11.9 Å². The van der Waals surface area contributed by atoms with E-state index >= 15 is 0 Å². The number of hydrogen-bond acceptors (Lipinski definition) is 6. The van der Waals surface area contributed by atoms with Crippen LogP contribution in [0.1, 0.15) is 20.7 Å². The molecule has 0 aliphatic rings. The van der Waals surface area contributed by atoms with Crippen LogP contribution in [0.3, 0.4) is 0 Å². The molecule has 2 N–H and O–H groups in total. The molecule has 2 aromatic carbocycles. The fourth-order valence-corrected chi connectivity index (χ4v) is 1.75. The number of esters is 2. The van der Waals surface area contributed by atoms with Gasteiger partial charge in [0.15, 0.2) is 11.5 Å². The molecule has 0 bridgehead atoms. The summed E-state index contributed by atoms with van der Waals surface area (Å²) in [7, 11) is 0. The van der Waals surface area contributed by atoms with Crippen LogP contribution in [0.15, 0.2) is 48.5 Å². The van der Waals surface area contributed by atoms with E-state index in [4.69, 9.17) is 14.6 Å². The lowest BCUT2D eigenvalue weighted by molar-refractivity contribution is 0.0427. The maximum absolute atomic E-state index is 12.2. The van der Waals surface area contributed by atoms with Crippen molar-refractivity contribution in [1.82, 2.24) is 0 Å². The van der Waals surface area contributed by atoms with Crippen LogP contribution in [-0.4, -0.2) is 35.4 Å². The fraction of sp³-hybridized carbons (Fsp3) is 0.125. The number of benzene rings is 2. The van der Waals surface area contributed by atoms with E-state index in [0.717, 1.165) is 0 Å². The van der Waals surface area contributed by atoms with E-state index in [0.29, 0.717) is 0 Å². The van der Waals surface area contributed by atoms with Crippen molar-refractivity contribution in [3.8, 4) is 11.5 Å². The molecule has 114 valence electrons. The summed E-state index contributed by atoms with van der Waals surface area (Å²) in [6.45, 7) is -0.474. The number of ether oxygens (including phenoxy) is 2. The van der Waals surface area contributed by atoms with Gasteiger partial charge in [-0.3, -0.25) is 0 Å². The Morgan fingerprint density at radius 2 is 1.50 bits per heavy atom. The first-order chi connectivity index (χ1) is 10.6. The van der Waals surface area contributed by atoms with Crippen molar-refractivity contribution in [2.24, 2.45) is 0 Å². The Kier molecular flexibility index (Phi) is 5.11. The predicted octanol–water partition coefficient (Wildman–Crippen LogP) is 1.76. The standard InChI is InChI=1S/C16H14O6/c17-9-10-21-15(19)11-5-1-2-6-12(11)16(20)22-14-8-4-3-7-13(14)18/h1-8,17-18H,9-10H2. The summed E-state index contributed by atoms with van der Waals surface area (Å²) >= 11 is 0. The van der Waals surface area contributed by atoms with Gasteiger partial charge in [-0.25, -0.2) is 9.59 Å². The van der Waals surface area contributed by atoms with Crippen molar-refractivity contribution in [2.75, 3.05) is 13.2 Å². The molecule has 0 aliphatic carbocycles. The highest BCUT2D eigenvalue weighted by molar-refractivity contribution is 6.03. The monoisotopic (exact) mass is 302 g/mol. The number of aliphatic hydroxyl groups is 1. The molecule has 0 spiro atoms. The minimum Gasteiger partial charge on any atom is -0.504 e. The van der Waals surface area contributed by atoms with Gasteiger partial charge in [0, 0.05) is 0 Å². The molecular weight excluding hydrogens is 288 g/mol. The van der Waals surface area contributed by atoms with Crippen LogP contribution < -0.4 is 4.74 Å². The molecule has 0 aromatic heterocycles. The lowest BCUT2D eigenvalue weighted by atomic mass is 10.1. The van der Waals surface area contributed by atoms with Crippen LogP contribution in [-0.2, 0) is 4.74 Å². The molecule has 2 rings (SSSR count). The van der Waals surface area contributed by atoms with Gasteiger partial charge in [0.1, 0.15) is 6.61 Å². The number of hydrogen-bond donors (Lipinski definition) is 2. The number of aromatic hydroxyl groups is 1. The first-order valence-corrected chi connectivity index (χ1v) is 6.50. The van der Waals surface area contributed by atoms with E-state index in [9.17, 15) is 14.7 Å². The minimum atomic E-state index is -0.793. The minimum absolute atomic E-state index is 0.00805. The first-order valence-electron chi connectivity index (χ1n) is 6.50. The van der Waals surface area contributed by atoms with E-state index in [2.05, 4.69) is 0 Å². The van der Waals surface area contributed by atoms with Crippen LogP contribution in [0.2, 0.25) is 0 Å². The maximum Gasteiger partial charge on any atom is 0.344 e. The van der Waals surface area contributed by atoms with Gasteiger partial charge < -0.3 is 19.7 Å². The molecule has 0 radical (unpaired) electrons. The molecule has 0 heterocycles. The zero-order chi connectivity index (χ0) is 15.9. The van der Waals surface area contributed by atoms with Gasteiger partial charge in [-0.05, 0) is 24.3 Å². The van der Waals surface area contributed by atoms with E-state index < -0.39 is 11.9 Å². The van der Waals surface area contributed by atoms with Crippen LogP contribution in [0.5, 0.6) is 11.5 Å². The Hall–Kier alpha value is -2.86. The number of phenols is 1. The molecule has 0 saturated heterocycles. The highest BCUT2D eigenvalue weighted by Crippen LogP contribution is 2.25. The smallest absolute Gasteiger partial charge is 0.344 e. The predicted molar refractivity (Wildman–Crippen MR) is 76.9 cm³/mol. The molecule has 0 amide bonds. The highest BCUT2D eigenvalue weighted by Gasteiger charge is 2.20. The summed E-state index contributed by atoms with van der Waals surface area (Å²) in [6, 6.07) is 12.0. The lowest BCUT2D eigenvalue weighted by Gasteiger charge is -2.09. The second kappa shape index (κ2) is 7.24. The maximum atomic E-state index is 12.2. The summed E-state index contributed by atoms with van der Waals surface area (Å²) in [6.07, 6.45) is 0. The lowest BCUT2D eigenvalue weighted by Crippen LogP contribution is -2.16. The SMILES string of the molecule is O=C(OCCO)c1ccccc1C(=O)Oc1ccccc1O. The van der Waals surface area contributed by atoms with Crippen molar-refractivity contribution < 1.29 is 29.3 Å². The molecule has 6 heteroatoms. The normalized spacial score (nSPS) is 10.0. The topological polar surface area (TPSA) is 93.1 Å². The Morgan fingerprint density at radius 1 is 0.909 bits per heavy atom. The second-order valence-electron chi connectivity index (χ2n) is 4.26. The van der Waals surface area contributed by atoms with E-state index in [1.807, 2.05) is 0 Å². The molecule has 6 nitrogen and oxygen atoms in total. The Balaban J connectivity index is 2.23. The van der Waals surface area contributed by atoms with E-state index in [1.54, 1.807) is 24.3 Å². The van der Waals surface area contributed by atoms with Gasteiger partial charge >= 0.3 is 11.9 Å². The Labute approximate surface area is 126 Å². The van der Waals surface area contributed by atoms with E-state index in [1.165, 1.54) is 24.3 Å². The average Bonchev–Trinajstić information content (AvgIpc) is 2.54. The molecule has 0 unspecified atom stereocenters. The fourth-order valence-electron chi connectivity index (χ4n) is 1.75. The molecule has 22 heavy (non-hydrogen) atoms. The van der Waals surface area contributed by atoms with Crippen LogP contribution in [0.4, 0.5) is 0 Å². The molecule has 0 fully saturated rings. The molecular formula is C16H14O6. The quantitative estimate of drug-likeness (QED) is 0.646. The van der Waals surface area contributed by atoms with Crippen molar-refractivity contribution in [1.29, 1.82) is 0 Å². The van der Waals surface area contributed by atoms with E-state index in [-0.39, 0.29) is 35.8 Å². The van der Waals surface area contributed by atoms with Gasteiger partial charge in [-0.15, -0.1) is 0 Å². The van der Waals surface area contributed by atoms with Gasteiger partial charge in [-0.1, -0.05) is 24.3 Å². The third-order valence-electron chi connectivity index (χ3n) is 2.76. The summed E-state index contributed by atoms with van der Waals surface area (Å²) in [4.78, 5) is 24.0. The van der Waals surface area contributed by atoms with Gasteiger partial charge in [-0.2, -0.15) is 0 Å². The van der Waals surface area contributed by atoms with Crippen LogP contribution in [0.25, 0.3) is 0 Å². The van der Waals surface area contributed by atoms with Crippen LogP contribution in [0, 0.1) is 0 Å². The number of aliphatic hydroxyl groups excluding tert-OH is 1. The third-order valence-corrected chi connectivity index (χ3v) is 2.76. The summed E-state index contributed by atoms with van der Waals surface area (Å²) in [5.74, 6) is -1.72. The third kappa shape index (κ3) is 3.62. The summed E-state index contributed by atoms with van der Waals surface area (Å²) in [5.41, 5.74) is 0.0325. The number of carbonyl (C=O) groups excluding carboxylic acids is 2. The zero-order valence-corrected chi connectivity index (χ0v) is 11.6. The summed E-state index contributed by atoms with van der Waals surface area (Å²) in [5, 5.41) is 18.3. The Bertz CT molecular complexity index is 680. The first kappa shape index (κ1) is 15.5. The molecule has 0 saturated carbocycles. The largest absolute Gasteiger partial charge is 0.504 e. The van der Waals surface area contributed by atoms with Gasteiger partial charge in [0.05, 0.1) is 17.7 Å². The van der Waals surface area contributed by atoms with Crippen molar-refractivity contribution in [3.05, 3.63) is 59.7 Å². The number of phenolic OH excluding ortho intramolecular Hbond substituents is 1. The number of rotatable bonds is 5. The highest BCUT2D eigenvalue weighted by atomic mass is 16.5. The number of para-hydroxylation sites is 2. The molecule has 2 aromatic rings. The molecule has 0 atom stereocenters. The second-order valence-corrected chi connectivity index (χ2v) is 4.26. The average molecular weight is 302 g/mol. The van der Waals surface area contributed by atoms with Gasteiger partial charge in [0.2, 0.25) is 0 Å². The van der Waals surface area contributed by atoms with Crippen molar-refractivity contribution in [3.63, 3.8) is 0 Å². The van der Waals surface area contributed by atoms with Crippen molar-refractivity contribution in [2.45, 2.75) is 0 Å². The van der Waals surface area contributed by atoms with Gasteiger partial charge in [0.25, 0.3) is 0 Å². The van der Waals surface area contributed by atoms with Crippen LogP contribution >= 0.6 is 0 Å². The molecule has 0 aliphatic heterocycles. The zero-order valence-electron chi connectivity index (χ0n) is 11.6. The number of carbonyl (C=O) groups is 2. The Morgan fingerprint density at radius 3 is 2.14 bits per heavy atom. The summed E-state index contributed by atoms with van der Waals surface area (Å²) < 4.78 is 9.88.